The molecule has 0 atom stereocenters. The Morgan fingerprint density at radius 2 is 1.95 bits per heavy atom. The van der Waals surface area contributed by atoms with Crippen molar-refractivity contribution in [3.05, 3.63) is 35.4 Å². The van der Waals surface area contributed by atoms with Gasteiger partial charge in [-0.3, -0.25) is 9.69 Å². The van der Waals surface area contributed by atoms with Crippen molar-refractivity contribution in [2.45, 2.75) is 32.4 Å². The van der Waals surface area contributed by atoms with Crippen LogP contribution in [0, 0.1) is 6.92 Å². The number of benzene rings is 1. The monoisotopic (exact) mass is 261 g/mol. The van der Waals surface area contributed by atoms with Gasteiger partial charge in [-0.1, -0.05) is 29.8 Å². The summed E-state index contributed by atoms with van der Waals surface area (Å²) in [5.41, 5.74) is 7.88. The number of carbonyl (C=O) groups is 1. The van der Waals surface area contributed by atoms with Crippen LogP contribution in [0.5, 0.6) is 0 Å². The van der Waals surface area contributed by atoms with Crippen LogP contribution >= 0.6 is 0 Å². The van der Waals surface area contributed by atoms with Gasteiger partial charge >= 0.3 is 0 Å². The zero-order chi connectivity index (χ0) is 13.7. The number of rotatable bonds is 5. The first-order valence-corrected chi connectivity index (χ1v) is 6.94. The minimum atomic E-state index is -0.245. The number of nitrogens with two attached hydrogens (primary N) is 1. The Morgan fingerprint density at radius 1 is 1.32 bits per heavy atom. The predicted octanol–water partition coefficient (Wildman–Crippen LogP) is 1.03. The maximum absolute atomic E-state index is 11.3. The molecular formula is C15H23N3O. The molecule has 4 nitrogen and oxygen atoms in total. The van der Waals surface area contributed by atoms with Gasteiger partial charge in [0.15, 0.2) is 0 Å². The molecule has 0 aromatic heterocycles. The molecule has 1 aliphatic rings. The normalized spacial score (nSPS) is 16.7. The van der Waals surface area contributed by atoms with Gasteiger partial charge in [-0.2, -0.15) is 0 Å². The summed E-state index contributed by atoms with van der Waals surface area (Å²) >= 11 is 0. The standard InChI is InChI=1S/C15H23N3O/c1-12-2-4-13(5-3-12)10-18(11-15(16)19)14-6-8-17-9-7-14/h2-5,14,17H,6-11H2,1H3,(H2,16,19). The minimum Gasteiger partial charge on any atom is -0.369 e. The molecule has 1 aliphatic heterocycles. The summed E-state index contributed by atoms with van der Waals surface area (Å²) in [6.07, 6.45) is 2.16. The largest absolute Gasteiger partial charge is 0.369 e. The van der Waals surface area contributed by atoms with Crippen LogP contribution in [-0.4, -0.2) is 36.5 Å². The number of aryl methyl sites for hydroxylation is 1. The van der Waals surface area contributed by atoms with Crippen LogP contribution in [0.25, 0.3) is 0 Å². The van der Waals surface area contributed by atoms with Crippen molar-refractivity contribution in [2.75, 3.05) is 19.6 Å². The van der Waals surface area contributed by atoms with Crippen LogP contribution in [-0.2, 0) is 11.3 Å². The number of nitrogens with zero attached hydrogens (tertiary/aromatic N) is 1. The second-order valence-electron chi connectivity index (χ2n) is 5.34. The summed E-state index contributed by atoms with van der Waals surface area (Å²) in [6, 6.07) is 8.94. The lowest BCUT2D eigenvalue weighted by molar-refractivity contribution is -0.120. The zero-order valence-electron chi connectivity index (χ0n) is 11.6. The SMILES string of the molecule is Cc1ccc(CN(CC(N)=O)C2CCNCC2)cc1. The minimum absolute atomic E-state index is 0.245. The highest BCUT2D eigenvalue weighted by molar-refractivity contribution is 5.75. The van der Waals surface area contributed by atoms with E-state index in [0.717, 1.165) is 32.5 Å². The molecular weight excluding hydrogens is 238 g/mol. The fourth-order valence-corrected chi connectivity index (χ4v) is 2.61. The number of piperidine rings is 1. The smallest absolute Gasteiger partial charge is 0.231 e. The summed E-state index contributed by atoms with van der Waals surface area (Å²) in [5, 5.41) is 3.35. The van der Waals surface area contributed by atoms with Crippen LogP contribution < -0.4 is 11.1 Å². The molecule has 3 N–H and O–H groups in total. The first kappa shape index (κ1) is 14.0. The molecule has 1 aromatic carbocycles. The van der Waals surface area contributed by atoms with Crippen molar-refractivity contribution in [1.29, 1.82) is 0 Å². The number of carbonyl (C=O) groups excluding carboxylic acids is 1. The molecule has 0 unspecified atom stereocenters. The Kier molecular flexibility index (Phi) is 4.93. The molecule has 1 aromatic rings. The molecule has 1 amide bonds. The van der Waals surface area contributed by atoms with Gasteiger partial charge in [0.05, 0.1) is 6.54 Å². The topological polar surface area (TPSA) is 58.4 Å². The van der Waals surface area contributed by atoms with E-state index >= 15 is 0 Å². The molecule has 0 saturated carbocycles. The van der Waals surface area contributed by atoms with Crippen molar-refractivity contribution in [3.63, 3.8) is 0 Å². The van der Waals surface area contributed by atoms with Crippen molar-refractivity contribution in [2.24, 2.45) is 5.73 Å². The van der Waals surface area contributed by atoms with Crippen LogP contribution in [0.2, 0.25) is 0 Å². The fourth-order valence-electron chi connectivity index (χ4n) is 2.61. The molecule has 104 valence electrons. The predicted molar refractivity (Wildman–Crippen MR) is 76.7 cm³/mol. The number of amides is 1. The molecule has 1 saturated heterocycles. The van der Waals surface area contributed by atoms with E-state index in [-0.39, 0.29) is 5.91 Å². The van der Waals surface area contributed by atoms with Crippen LogP contribution in [0.3, 0.4) is 0 Å². The molecule has 0 radical (unpaired) electrons. The lowest BCUT2D eigenvalue weighted by Gasteiger charge is -2.33. The van der Waals surface area contributed by atoms with Gasteiger partial charge in [-0.05, 0) is 38.4 Å². The van der Waals surface area contributed by atoms with E-state index in [1.807, 2.05) is 0 Å². The van der Waals surface area contributed by atoms with Crippen LogP contribution in [0.15, 0.2) is 24.3 Å². The van der Waals surface area contributed by atoms with Crippen molar-refractivity contribution >= 4 is 5.91 Å². The van der Waals surface area contributed by atoms with Gasteiger partial charge in [-0.25, -0.2) is 0 Å². The van der Waals surface area contributed by atoms with E-state index < -0.39 is 0 Å². The summed E-state index contributed by atoms with van der Waals surface area (Å²) in [5.74, 6) is -0.245. The summed E-state index contributed by atoms with van der Waals surface area (Å²) in [4.78, 5) is 13.5. The Morgan fingerprint density at radius 3 is 2.53 bits per heavy atom. The van der Waals surface area contributed by atoms with Crippen molar-refractivity contribution < 1.29 is 4.79 Å². The van der Waals surface area contributed by atoms with E-state index in [9.17, 15) is 4.79 Å². The summed E-state index contributed by atoms with van der Waals surface area (Å²) < 4.78 is 0. The van der Waals surface area contributed by atoms with Crippen LogP contribution in [0.1, 0.15) is 24.0 Å². The molecule has 2 rings (SSSR count). The lowest BCUT2D eigenvalue weighted by Crippen LogP contribution is -2.46. The van der Waals surface area contributed by atoms with Crippen molar-refractivity contribution in [3.8, 4) is 0 Å². The Labute approximate surface area is 115 Å². The molecule has 0 aliphatic carbocycles. The van der Waals surface area contributed by atoms with E-state index in [2.05, 4.69) is 41.4 Å². The lowest BCUT2D eigenvalue weighted by atomic mass is 10.0. The van der Waals surface area contributed by atoms with Gasteiger partial charge in [0.25, 0.3) is 0 Å². The molecule has 0 bridgehead atoms. The molecule has 1 fully saturated rings. The van der Waals surface area contributed by atoms with E-state index in [4.69, 9.17) is 5.73 Å². The quantitative estimate of drug-likeness (QED) is 0.832. The Balaban J connectivity index is 2.03. The average molecular weight is 261 g/mol. The maximum atomic E-state index is 11.3. The summed E-state index contributed by atoms with van der Waals surface area (Å²) in [7, 11) is 0. The number of hydrogen-bond donors (Lipinski definition) is 2. The third-order valence-electron chi connectivity index (χ3n) is 3.69. The highest BCUT2D eigenvalue weighted by Gasteiger charge is 2.22. The average Bonchev–Trinajstić information content (AvgIpc) is 2.41. The Bertz CT molecular complexity index is 410. The van der Waals surface area contributed by atoms with Gasteiger partial charge in [-0.15, -0.1) is 0 Å². The van der Waals surface area contributed by atoms with E-state index in [1.54, 1.807) is 0 Å². The fraction of sp³-hybridized carbons (Fsp3) is 0.533. The molecule has 19 heavy (non-hydrogen) atoms. The first-order valence-electron chi connectivity index (χ1n) is 6.94. The number of primary amides is 1. The second kappa shape index (κ2) is 6.68. The van der Waals surface area contributed by atoms with E-state index in [0.29, 0.717) is 12.6 Å². The highest BCUT2D eigenvalue weighted by Crippen LogP contribution is 2.15. The van der Waals surface area contributed by atoms with E-state index in [1.165, 1.54) is 11.1 Å². The van der Waals surface area contributed by atoms with Gasteiger partial charge in [0, 0.05) is 12.6 Å². The second-order valence-corrected chi connectivity index (χ2v) is 5.34. The maximum Gasteiger partial charge on any atom is 0.231 e. The molecule has 4 heteroatoms. The number of nitrogens with one attached hydrogen (secondary N) is 1. The highest BCUT2D eigenvalue weighted by atomic mass is 16.1. The van der Waals surface area contributed by atoms with Crippen LogP contribution in [0.4, 0.5) is 0 Å². The summed E-state index contributed by atoms with van der Waals surface area (Å²) in [6.45, 7) is 5.27. The zero-order valence-corrected chi connectivity index (χ0v) is 11.6. The third-order valence-corrected chi connectivity index (χ3v) is 3.69. The first-order chi connectivity index (χ1) is 9.15. The van der Waals surface area contributed by atoms with Gasteiger partial charge in [0.1, 0.15) is 0 Å². The third kappa shape index (κ3) is 4.33. The molecule has 1 heterocycles. The number of hydrogen-bond acceptors (Lipinski definition) is 3. The van der Waals surface area contributed by atoms with Gasteiger partial charge < -0.3 is 11.1 Å². The molecule has 0 spiro atoms. The van der Waals surface area contributed by atoms with Gasteiger partial charge in [0.2, 0.25) is 5.91 Å². The Hall–Kier alpha value is -1.39. The van der Waals surface area contributed by atoms with Crippen molar-refractivity contribution in [1.82, 2.24) is 10.2 Å².